The van der Waals surface area contributed by atoms with Gasteiger partial charge in [-0.15, -0.1) is 0 Å². The molecule has 0 spiro atoms. The van der Waals surface area contributed by atoms with Gasteiger partial charge in [-0.3, -0.25) is 10.1 Å². The maximum Gasteiger partial charge on any atom is 0.263 e. The Kier molecular flexibility index (Phi) is 3.77. The van der Waals surface area contributed by atoms with Crippen molar-refractivity contribution in [1.29, 1.82) is 0 Å². The Balaban J connectivity index is 1.91. The summed E-state index contributed by atoms with van der Waals surface area (Å²) in [4.78, 5) is 17.3. The van der Waals surface area contributed by atoms with Crippen LogP contribution < -0.4 is 11.1 Å². The molecule has 1 unspecified atom stereocenters. The summed E-state index contributed by atoms with van der Waals surface area (Å²) < 4.78 is 13.6. The topological polar surface area (TPSA) is 67.5 Å². The van der Waals surface area contributed by atoms with Gasteiger partial charge in [0, 0.05) is 0 Å². The van der Waals surface area contributed by atoms with Crippen LogP contribution in [0, 0.1) is 5.82 Å². The molecule has 0 aromatic heterocycles. The fraction of sp³-hybridized carbons (Fsp3) is 0.0476. The Bertz CT molecular complexity index is 1020. The highest BCUT2D eigenvalue weighted by Gasteiger charge is 2.46. The average molecular weight is 345 g/mol. The van der Waals surface area contributed by atoms with Crippen LogP contribution in [0.5, 0.6) is 0 Å². The number of hydrogen-bond acceptors (Lipinski definition) is 3. The molecule has 0 saturated heterocycles. The number of hydrogen-bond donors (Lipinski definition) is 2. The largest absolute Gasteiger partial charge is 0.370 e. The fourth-order valence-corrected chi connectivity index (χ4v) is 3.30. The third-order valence-electron chi connectivity index (χ3n) is 4.49. The molecule has 4 nitrogen and oxygen atoms in total. The second kappa shape index (κ2) is 6.11. The zero-order valence-corrected chi connectivity index (χ0v) is 13.8. The number of benzene rings is 3. The van der Waals surface area contributed by atoms with Crippen molar-refractivity contribution in [3.63, 3.8) is 0 Å². The van der Waals surface area contributed by atoms with Gasteiger partial charge in [-0.1, -0.05) is 60.7 Å². The third-order valence-corrected chi connectivity index (χ3v) is 4.49. The quantitative estimate of drug-likeness (QED) is 0.765. The molecule has 3 aromatic rings. The number of guanidine groups is 1. The lowest BCUT2D eigenvalue weighted by atomic mass is 9.82. The first-order valence-corrected chi connectivity index (χ1v) is 8.18. The van der Waals surface area contributed by atoms with E-state index in [1.807, 2.05) is 60.7 Å². The van der Waals surface area contributed by atoms with Crippen molar-refractivity contribution in [3.8, 4) is 11.1 Å². The maximum atomic E-state index is 13.6. The lowest BCUT2D eigenvalue weighted by Crippen LogP contribution is -2.39. The molecular formula is C21H16FN3O. The molecule has 0 saturated carbocycles. The first-order chi connectivity index (χ1) is 12.6. The molecule has 128 valence electrons. The van der Waals surface area contributed by atoms with Crippen LogP contribution in [0.3, 0.4) is 0 Å². The summed E-state index contributed by atoms with van der Waals surface area (Å²) >= 11 is 0. The van der Waals surface area contributed by atoms with Crippen LogP contribution >= 0.6 is 0 Å². The normalized spacial score (nSPS) is 19.1. The Morgan fingerprint density at radius 1 is 0.846 bits per heavy atom. The van der Waals surface area contributed by atoms with E-state index in [1.54, 1.807) is 6.07 Å². The standard InChI is InChI=1S/C21H16FN3O/c22-18-11-5-7-15(13-18)14-6-4-10-17(12-14)21(16-8-2-1-3-9-16)19(26)24-20(23)25-21/h1-13H,(H3,23,24,25,26). The van der Waals surface area contributed by atoms with Crippen LogP contribution in [-0.4, -0.2) is 11.9 Å². The average Bonchev–Trinajstić information content (AvgIpc) is 2.97. The zero-order chi connectivity index (χ0) is 18.1. The Morgan fingerprint density at radius 3 is 2.15 bits per heavy atom. The number of nitrogens with two attached hydrogens (primary N) is 1. The van der Waals surface area contributed by atoms with E-state index < -0.39 is 5.54 Å². The van der Waals surface area contributed by atoms with E-state index in [2.05, 4.69) is 10.3 Å². The summed E-state index contributed by atoms with van der Waals surface area (Å²) in [6, 6.07) is 23.0. The molecule has 5 heteroatoms. The summed E-state index contributed by atoms with van der Waals surface area (Å²) in [7, 11) is 0. The van der Waals surface area contributed by atoms with Crippen molar-refractivity contribution >= 4 is 11.9 Å². The molecule has 3 N–H and O–H groups in total. The van der Waals surface area contributed by atoms with Gasteiger partial charge in [0.1, 0.15) is 5.82 Å². The molecule has 1 atom stereocenters. The molecular weight excluding hydrogens is 329 g/mol. The van der Waals surface area contributed by atoms with E-state index in [0.29, 0.717) is 11.1 Å². The highest BCUT2D eigenvalue weighted by molar-refractivity contribution is 6.09. The Hall–Kier alpha value is -3.47. The van der Waals surface area contributed by atoms with Crippen LogP contribution in [0.2, 0.25) is 0 Å². The second-order valence-corrected chi connectivity index (χ2v) is 6.12. The SMILES string of the molecule is NC1=NC(c2ccccc2)(c2cccc(-c3cccc(F)c3)c2)C(=O)N1. The summed E-state index contributed by atoms with van der Waals surface area (Å²) in [6.07, 6.45) is 0. The molecule has 3 aromatic carbocycles. The van der Waals surface area contributed by atoms with Gasteiger partial charge in [0.05, 0.1) is 0 Å². The van der Waals surface area contributed by atoms with Gasteiger partial charge in [-0.2, -0.15) is 0 Å². The van der Waals surface area contributed by atoms with E-state index in [1.165, 1.54) is 12.1 Å². The smallest absolute Gasteiger partial charge is 0.263 e. The van der Waals surface area contributed by atoms with Gasteiger partial charge in [0.25, 0.3) is 5.91 Å². The molecule has 1 amide bonds. The predicted octanol–water partition coefficient (Wildman–Crippen LogP) is 3.18. The van der Waals surface area contributed by atoms with Gasteiger partial charge >= 0.3 is 0 Å². The second-order valence-electron chi connectivity index (χ2n) is 6.12. The molecule has 1 aliphatic heterocycles. The van der Waals surface area contributed by atoms with Crippen LogP contribution in [0.25, 0.3) is 11.1 Å². The van der Waals surface area contributed by atoms with Crippen LogP contribution in [-0.2, 0) is 10.3 Å². The summed E-state index contributed by atoms with van der Waals surface area (Å²) in [5.41, 5.74) is 7.47. The van der Waals surface area contributed by atoms with Crippen molar-refractivity contribution < 1.29 is 9.18 Å². The minimum absolute atomic E-state index is 0.0787. The van der Waals surface area contributed by atoms with E-state index >= 15 is 0 Å². The minimum Gasteiger partial charge on any atom is -0.370 e. The molecule has 0 bridgehead atoms. The maximum absolute atomic E-state index is 13.6. The number of carbonyl (C=O) groups excluding carboxylic acids is 1. The van der Waals surface area contributed by atoms with Gasteiger partial charge in [-0.05, 0) is 40.5 Å². The van der Waals surface area contributed by atoms with Crippen molar-refractivity contribution in [2.45, 2.75) is 5.54 Å². The lowest BCUT2D eigenvalue weighted by molar-refractivity contribution is -0.122. The minimum atomic E-state index is -1.26. The number of nitrogens with zero attached hydrogens (tertiary/aromatic N) is 1. The van der Waals surface area contributed by atoms with E-state index in [0.717, 1.165) is 11.1 Å². The van der Waals surface area contributed by atoms with E-state index in [9.17, 15) is 9.18 Å². The van der Waals surface area contributed by atoms with Crippen LogP contribution in [0.4, 0.5) is 4.39 Å². The van der Waals surface area contributed by atoms with E-state index in [-0.39, 0.29) is 17.7 Å². The molecule has 0 fully saturated rings. The zero-order valence-electron chi connectivity index (χ0n) is 13.8. The Morgan fingerprint density at radius 2 is 1.50 bits per heavy atom. The van der Waals surface area contributed by atoms with Crippen LogP contribution in [0.15, 0.2) is 83.9 Å². The molecule has 1 aliphatic rings. The first-order valence-electron chi connectivity index (χ1n) is 8.18. The number of nitrogens with one attached hydrogen (secondary N) is 1. The number of aliphatic imine (C=N–C) groups is 1. The van der Waals surface area contributed by atoms with Crippen molar-refractivity contribution in [2.75, 3.05) is 0 Å². The molecule has 0 aliphatic carbocycles. The van der Waals surface area contributed by atoms with Gasteiger partial charge < -0.3 is 5.73 Å². The summed E-state index contributed by atoms with van der Waals surface area (Å²) in [6.45, 7) is 0. The number of amides is 1. The summed E-state index contributed by atoms with van der Waals surface area (Å²) in [5, 5.41) is 2.60. The number of carbonyl (C=O) groups is 1. The fourth-order valence-electron chi connectivity index (χ4n) is 3.30. The predicted molar refractivity (Wildman–Crippen MR) is 98.8 cm³/mol. The van der Waals surface area contributed by atoms with Gasteiger partial charge in [-0.25, -0.2) is 9.38 Å². The number of rotatable bonds is 3. The van der Waals surface area contributed by atoms with Crippen LogP contribution in [0.1, 0.15) is 11.1 Å². The Labute approximate surface area is 150 Å². The molecule has 26 heavy (non-hydrogen) atoms. The van der Waals surface area contributed by atoms with Crippen molar-refractivity contribution in [2.24, 2.45) is 10.7 Å². The molecule has 1 heterocycles. The highest BCUT2D eigenvalue weighted by atomic mass is 19.1. The lowest BCUT2D eigenvalue weighted by Gasteiger charge is -2.25. The highest BCUT2D eigenvalue weighted by Crippen LogP contribution is 2.38. The third kappa shape index (κ3) is 2.54. The van der Waals surface area contributed by atoms with Gasteiger partial charge in [0.2, 0.25) is 0 Å². The van der Waals surface area contributed by atoms with Gasteiger partial charge in [0.15, 0.2) is 11.5 Å². The monoisotopic (exact) mass is 345 g/mol. The van der Waals surface area contributed by atoms with E-state index in [4.69, 9.17) is 5.73 Å². The number of halogens is 1. The molecule has 0 radical (unpaired) electrons. The van der Waals surface area contributed by atoms with Crippen molar-refractivity contribution in [1.82, 2.24) is 5.32 Å². The first kappa shape index (κ1) is 16.0. The van der Waals surface area contributed by atoms with Crippen molar-refractivity contribution in [3.05, 3.63) is 95.8 Å². The summed E-state index contributed by atoms with van der Waals surface area (Å²) in [5.74, 6) is -0.542. The molecule has 4 rings (SSSR count).